The first kappa shape index (κ1) is 8.77. The molecular formula is C8H11N3OS. The molecule has 0 bridgehead atoms. The van der Waals surface area contributed by atoms with Gasteiger partial charge in [-0.3, -0.25) is 0 Å². The van der Waals surface area contributed by atoms with Crippen LogP contribution in [0.5, 0.6) is 0 Å². The summed E-state index contributed by atoms with van der Waals surface area (Å²) in [4.78, 5) is 10.3. The van der Waals surface area contributed by atoms with Crippen molar-refractivity contribution in [3.05, 3.63) is 12.3 Å². The molecule has 1 aromatic rings. The van der Waals surface area contributed by atoms with Crippen LogP contribution < -0.4 is 4.90 Å². The van der Waals surface area contributed by atoms with Crippen LogP contribution in [-0.2, 0) is 4.74 Å². The maximum Gasteiger partial charge on any atom is 0.186 e. The van der Waals surface area contributed by atoms with E-state index < -0.39 is 0 Å². The number of hydrogen-bond acceptors (Lipinski definition) is 5. The molecule has 2 heterocycles. The first-order valence-electron chi connectivity index (χ1n) is 4.21. The van der Waals surface area contributed by atoms with E-state index in [2.05, 4.69) is 27.5 Å². The number of nitrogens with zero attached hydrogens (tertiary/aromatic N) is 3. The summed E-state index contributed by atoms with van der Waals surface area (Å²) in [7, 11) is 0. The second-order valence-electron chi connectivity index (χ2n) is 2.81. The quantitative estimate of drug-likeness (QED) is 0.528. The maximum absolute atomic E-state index is 5.25. The van der Waals surface area contributed by atoms with E-state index in [0.29, 0.717) is 5.16 Å². The van der Waals surface area contributed by atoms with Crippen LogP contribution in [0.15, 0.2) is 17.4 Å². The fraction of sp³-hybridized carbons (Fsp3) is 0.500. The molecule has 0 aromatic carbocycles. The Morgan fingerprint density at radius 2 is 2.15 bits per heavy atom. The number of hydrogen-bond donors (Lipinski definition) is 1. The van der Waals surface area contributed by atoms with Crippen molar-refractivity contribution in [2.45, 2.75) is 5.16 Å². The number of aromatic nitrogens is 2. The smallest absolute Gasteiger partial charge is 0.186 e. The average molecular weight is 197 g/mol. The third kappa shape index (κ3) is 2.10. The second-order valence-corrected chi connectivity index (χ2v) is 3.21. The molecule has 0 saturated carbocycles. The van der Waals surface area contributed by atoms with Crippen LogP contribution in [0.3, 0.4) is 0 Å². The first-order chi connectivity index (χ1) is 6.36. The van der Waals surface area contributed by atoms with Gasteiger partial charge in [-0.1, -0.05) is 0 Å². The average Bonchev–Trinajstić information content (AvgIpc) is 2.19. The van der Waals surface area contributed by atoms with E-state index in [-0.39, 0.29) is 0 Å². The molecule has 0 atom stereocenters. The van der Waals surface area contributed by atoms with Crippen molar-refractivity contribution in [2.24, 2.45) is 0 Å². The molecule has 0 N–H and O–H groups in total. The molecule has 0 amide bonds. The number of rotatable bonds is 1. The summed E-state index contributed by atoms with van der Waals surface area (Å²) in [6.07, 6.45) is 1.72. The van der Waals surface area contributed by atoms with Crippen LogP contribution in [-0.4, -0.2) is 36.3 Å². The second kappa shape index (κ2) is 3.93. The van der Waals surface area contributed by atoms with Gasteiger partial charge in [-0.15, -0.1) is 12.6 Å². The summed E-state index contributed by atoms with van der Waals surface area (Å²) in [6.45, 7) is 3.33. The van der Waals surface area contributed by atoms with Crippen molar-refractivity contribution in [1.29, 1.82) is 0 Å². The Labute approximate surface area is 82.4 Å². The van der Waals surface area contributed by atoms with Gasteiger partial charge in [0.2, 0.25) is 0 Å². The third-order valence-electron chi connectivity index (χ3n) is 1.96. The lowest BCUT2D eigenvalue weighted by atomic mass is 10.4. The number of thiol groups is 1. The molecule has 1 saturated heterocycles. The molecular weight excluding hydrogens is 186 g/mol. The molecule has 4 nitrogen and oxygen atoms in total. The Bertz CT molecular complexity index is 288. The van der Waals surface area contributed by atoms with Gasteiger partial charge in [-0.05, 0) is 6.07 Å². The van der Waals surface area contributed by atoms with E-state index in [9.17, 15) is 0 Å². The Kier molecular flexibility index (Phi) is 2.65. The van der Waals surface area contributed by atoms with Crippen molar-refractivity contribution in [3.63, 3.8) is 0 Å². The zero-order valence-corrected chi connectivity index (χ0v) is 8.07. The normalized spacial score (nSPS) is 17.5. The maximum atomic E-state index is 5.25. The molecule has 0 radical (unpaired) electrons. The van der Waals surface area contributed by atoms with Gasteiger partial charge >= 0.3 is 0 Å². The minimum Gasteiger partial charge on any atom is -0.378 e. The fourth-order valence-corrected chi connectivity index (χ4v) is 1.48. The molecule has 1 aromatic heterocycles. The van der Waals surface area contributed by atoms with Gasteiger partial charge in [0.05, 0.1) is 13.2 Å². The Morgan fingerprint density at radius 3 is 2.85 bits per heavy atom. The minimum absolute atomic E-state index is 0.518. The Hall–Kier alpha value is -0.810. The highest BCUT2D eigenvalue weighted by molar-refractivity contribution is 7.80. The van der Waals surface area contributed by atoms with Gasteiger partial charge in [0.25, 0.3) is 0 Å². The highest BCUT2D eigenvalue weighted by Gasteiger charge is 2.11. The largest absolute Gasteiger partial charge is 0.378 e. The standard InChI is InChI=1S/C8H11N3OS/c13-8-9-2-1-7(10-8)11-3-5-12-6-4-11/h1-2H,3-6H2,(H,9,10,13). The predicted octanol–water partition coefficient (Wildman–Crippen LogP) is 0.602. The summed E-state index contributed by atoms with van der Waals surface area (Å²) >= 11 is 4.09. The van der Waals surface area contributed by atoms with Crippen molar-refractivity contribution < 1.29 is 4.74 Å². The first-order valence-corrected chi connectivity index (χ1v) is 4.66. The van der Waals surface area contributed by atoms with Crippen LogP contribution in [0.4, 0.5) is 5.82 Å². The van der Waals surface area contributed by atoms with Crippen molar-refractivity contribution in [1.82, 2.24) is 9.97 Å². The van der Waals surface area contributed by atoms with E-state index >= 15 is 0 Å². The van der Waals surface area contributed by atoms with Gasteiger partial charge < -0.3 is 9.64 Å². The van der Waals surface area contributed by atoms with Gasteiger partial charge in [0.15, 0.2) is 5.16 Å². The van der Waals surface area contributed by atoms with Crippen molar-refractivity contribution in [2.75, 3.05) is 31.2 Å². The molecule has 5 heteroatoms. The molecule has 0 spiro atoms. The predicted molar refractivity (Wildman–Crippen MR) is 52.3 cm³/mol. The highest BCUT2D eigenvalue weighted by atomic mass is 32.1. The SMILES string of the molecule is Sc1nccc(N2CCOCC2)n1. The summed E-state index contributed by atoms with van der Waals surface area (Å²) in [5.74, 6) is 0.934. The zero-order valence-electron chi connectivity index (χ0n) is 7.18. The fourth-order valence-electron chi connectivity index (χ4n) is 1.31. The van der Waals surface area contributed by atoms with Crippen molar-refractivity contribution in [3.8, 4) is 0 Å². The number of morpholine rings is 1. The molecule has 1 aliphatic heterocycles. The van der Waals surface area contributed by atoms with E-state index in [1.807, 2.05) is 6.07 Å². The highest BCUT2D eigenvalue weighted by Crippen LogP contribution is 2.12. The van der Waals surface area contributed by atoms with Crippen LogP contribution in [0, 0.1) is 0 Å². The molecule has 0 aliphatic carbocycles. The zero-order chi connectivity index (χ0) is 9.10. The molecule has 0 unspecified atom stereocenters. The monoisotopic (exact) mass is 197 g/mol. The van der Waals surface area contributed by atoms with Crippen molar-refractivity contribution >= 4 is 18.4 Å². The number of ether oxygens (including phenoxy) is 1. The Balaban J connectivity index is 2.14. The van der Waals surface area contributed by atoms with E-state index in [1.54, 1.807) is 6.20 Å². The van der Waals surface area contributed by atoms with Crippen LogP contribution in [0.25, 0.3) is 0 Å². The lowest BCUT2D eigenvalue weighted by Gasteiger charge is -2.27. The van der Waals surface area contributed by atoms with E-state index in [1.165, 1.54) is 0 Å². The number of anilines is 1. The van der Waals surface area contributed by atoms with E-state index in [4.69, 9.17) is 4.74 Å². The van der Waals surface area contributed by atoms with Crippen LogP contribution in [0.1, 0.15) is 0 Å². The van der Waals surface area contributed by atoms with Gasteiger partial charge in [0.1, 0.15) is 5.82 Å². The summed E-state index contributed by atoms with van der Waals surface area (Å²) in [5.41, 5.74) is 0. The molecule has 13 heavy (non-hydrogen) atoms. The third-order valence-corrected chi connectivity index (χ3v) is 2.18. The Morgan fingerprint density at radius 1 is 1.38 bits per heavy atom. The van der Waals surface area contributed by atoms with Gasteiger partial charge in [-0.25, -0.2) is 9.97 Å². The lowest BCUT2D eigenvalue weighted by molar-refractivity contribution is 0.122. The summed E-state index contributed by atoms with van der Waals surface area (Å²) in [6, 6.07) is 1.89. The van der Waals surface area contributed by atoms with Gasteiger partial charge in [-0.2, -0.15) is 0 Å². The summed E-state index contributed by atoms with van der Waals surface area (Å²) < 4.78 is 5.25. The van der Waals surface area contributed by atoms with Crippen LogP contribution in [0.2, 0.25) is 0 Å². The van der Waals surface area contributed by atoms with E-state index in [0.717, 1.165) is 32.1 Å². The molecule has 2 rings (SSSR count). The van der Waals surface area contributed by atoms with Gasteiger partial charge in [0, 0.05) is 19.3 Å². The molecule has 70 valence electrons. The lowest BCUT2D eigenvalue weighted by Crippen LogP contribution is -2.36. The molecule has 1 aliphatic rings. The topological polar surface area (TPSA) is 38.2 Å². The molecule has 1 fully saturated rings. The van der Waals surface area contributed by atoms with Crippen LogP contribution >= 0.6 is 12.6 Å². The summed E-state index contributed by atoms with van der Waals surface area (Å²) in [5, 5.41) is 0.518. The minimum atomic E-state index is 0.518.